The highest BCUT2D eigenvalue weighted by molar-refractivity contribution is 5.98. The summed E-state index contributed by atoms with van der Waals surface area (Å²) in [6.45, 7) is 0. The Kier molecular flexibility index (Phi) is 3.66. The van der Waals surface area contributed by atoms with Gasteiger partial charge in [-0.2, -0.15) is 5.06 Å². The summed E-state index contributed by atoms with van der Waals surface area (Å²) in [6.07, 6.45) is 1.90. The van der Waals surface area contributed by atoms with E-state index in [2.05, 4.69) is 4.98 Å². The minimum atomic E-state index is -0.754. The predicted octanol–water partition coefficient (Wildman–Crippen LogP) is 1.49. The summed E-state index contributed by atoms with van der Waals surface area (Å²) in [7, 11) is 1.54. The van der Waals surface area contributed by atoms with Gasteiger partial charge in [-0.3, -0.25) is 10.0 Å². The highest BCUT2D eigenvalue weighted by Gasteiger charge is 2.29. The van der Waals surface area contributed by atoms with Crippen molar-refractivity contribution in [2.24, 2.45) is 5.73 Å². The van der Waals surface area contributed by atoms with Crippen molar-refractivity contribution in [2.45, 2.75) is 12.5 Å². The minimum absolute atomic E-state index is 0.350. The van der Waals surface area contributed by atoms with E-state index < -0.39 is 11.9 Å². The molecule has 0 radical (unpaired) electrons. The second-order valence-corrected chi connectivity index (χ2v) is 4.89. The van der Waals surface area contributed by atoms with E-state index in [1.165, 1.54) is 7.11 Å². The third-order valence-electron chi connectivity index (χ3n) is 3.40. The van der Waals surface area contributed by atoms with Crippen LogP contribution in [0, 0.1) is 0 Å². The molecule has 0 fully saturated rings. The number of carbonyl (C=O) groups is 1. The topological polar surface area (TPSA) is 97.9 Å². The molecule has 22 heavy (non-hydrogen) atoms. The first-order chi connectivity index (χ1) is 10.6. The number of fused-ring (bicyclic) bond motifs is 1. The zero-order valence-corrected chi connectivity index (χ0v) is 11.9. The fourth-order valence-electron chi connectivity index (χ4n) is 2.28. The Morgan fingerprint density at radius 2 is 2.09 bits per heavy atom. The lowest BCUT2D eigenvalue weighted by Crippen LogP contribution is -2.47. The Bertz CT molecular complexity index is 702. The molecule has 3 rings (SSSR count). The molecule has 2 aromatic rings. The first kappa shape index (κ1) is 14.3. The molecule has 0 spiro atoms. The molecule has 114 valence electrons. The van der Waals surface area contributed by atoms with E-state index in [-0.39, 0.29) is 0 Å². The molecular formula is C15H15N3O4. The fourth-order valence-corrected chi connectivity index (χ4v) is 2.28. The maximum Gasteiger partial charge on any atom is 0.267 e. The average Bonchev–Trinajstić information content (AvgIpc) is 2.53. The van der Waals surface area contributed by atoms with Crippen LogP contribution >= 0.6 is 0 Å². The van der Waals surface area contributed by atoms with Crippen LogP contribution in [0.15, 0.2) is 36.5 Å². The molecule has 1 unspecified atom stereocenters. The summed E-state index contributed by atoms with van der Waals surface area (Å²) in [6, 6.07) is 7.70. The zero-order chi connectivity index (χ0) is 15.7. The van der Waals surface area contributed by atoms with Crippen molar-refractivity contribution < 1.29 is 19.5 Å². The Hall–Kier alpha value is -2.64. The Morgan fingerprint density at radius 1 is 1.32 bits per heavy atom. The lowest BCUT2D eigenvalue weighted by molar-refractivity contribution is -0.125. The van der Waals surface area contributed by atoms with Gasteiger partial charge in [-0.15, -0.1) is 0 Å². The fraction of sp³-hybridized carbons (Fsp3) is 0.200. The second kappa shape index (κ2) is 5.63. The molecule has 1 aromatic heterocycles. The minimum Gasteiger partial charge on any atom is -0.481 e. The van der Waals surface area contributed by atoms with E-state index in [1.807, 2.05) is 0 Å². The zero-order valence-electron chi connectivity index (χ0n) is 11.9. The average molecular weight is 301 g/mol. The number of nitrogens with two attached hydrogens (primary N) is 1. The summed E-state index contributed by atoms with van der Waals surface area (Å²) in [4.78, 5) is 15.7. The van der Waals surface area contributed by atoms with Crippen LogP contribution in [-0.4, -0.2) is 29.3 Å². The molecule has 0 bridgehead atoms. The number of amides is 1. The normalized spacial score (nSPS) is 17.1. The third-order valence-corrected chi connectivity index (χ3v) is 3.40. The van der Waals surface area contributed by atoms with Crippen molar-refractivity contribution in [3.63, 3.8) is 0 Å². The van der Waals surface area contributed by atoms with E-state index in [1.54, 1.807) is 36.5 Å². The second-order valence-electron chi connectivity index (χ2n) is 4.89. The summed E-state index contributed by atoms with van der Waals surface area (Å²) in [5, 5.41) is 10.4. The van der Waals surface area contributed by atoms with Gasteiger partial charge in [0.1, 0.15) is 11.5 Å². The standard InChI is InChI=1S/C15H15N3O4/c1-21-14-5-3-11(8-17-14)22-10-2-4-13-9(6-10)7-12(16)15(19)18(13)20/h2-6,8,12,20H,7,16H2,1H3. The van der Waals surface area contributed by atoms with Crippen LogP contribution < -0.4 is 20.3 Å². The lowest BCUT2D eigenvalue weighted by Gasteiger charge is -2.27. The Balaban J connectivity index is 1.84. The van der Waals surface area contributed by atoms with Crippen LogP contribution in [-0.2, 0) is 11.2 Å². The lowest BCUT2D eigenvalue weighted by atomic mass is 9.99. The highest BCUT2D eigenvalue weighted by atomic mass is 16.5. The molecule has 0 saturated carbocycles. The van der Waals surface area contributed by atoms with E-state index in [4.69, 9.17) is 15.2 Å². The molecule has 0 saturated heterocycles. The molecule has 2 heterocycles. The number of aromatic nitrogens is 1. The van der Waals surface area contributed by atoms with Crippen molar-refractivity contribution in [1.29, 1.82) is 0 Å². The molecular weight excluding hydrogens is 286 g/mol. The van der Waals surface area contributed by atoms with Crippen LogP contribution in [0.5, 0.6) is 17.4 Å². The maximum absolute atomic E-state index is 11.6. The number of ether oxygens (including phenoxy) is 2. The Labute approximate surface area is 126 Å². The highest BCUT2D eigenvalue weighted by Crippen LogP contribution is 2.31. The SMILES string of the molecule is COc1ccc(Oc2ccc3c(c2)CC(N)C(=O)N3O)cn1. The van der Waals surface area contributed by atoms with Gasteiger partial charge in [0, 0.05) is 6.07 Å². The number of carbonyl (C=O) groups excluding carboxylic acids is 1. The summed E-state index contributed by atoms with van der Waals surface area (Å²) in [5.74, 6) is 1.11. The monoisotopic (exact) mass is 301 g/mol. The first-order valence-corrected chi connectivity index (χ1v) is 6.67. The Morgan fingerprint density at radius 3 is 2.77 bits per heavy atom. The number of hydroxylamine groups is 1. The van der Waals surface area contributed by atoms with E-state index in [9.17, 15) is 10.0 Å². The van der Waals surface area contributed by atoms with Gasteiger partial charge < -0.3 is 15.2 Å². The molecule has 7 nitrogen and oxygen atoms in total. The number of rotatable bonds is 3. The van der Waals surface area contributed by atoms with Gasteiger partial charge in [-0.1, -0.05) is 0 Å². The van der Waals surface area contributed by atoms with Gasteiger partial charge >= 0.3 is 0 Å². The molecule has 1 atom stereocenters. The van der Waals surface area contributed by atoms with Crippen LogP contribution in [0.3, 0.4) is 0 Å². The molecule has 7 heteroatoms. The molecule has 1 aliphatic rings. The molecule has 1 aromatic carbocycles. The number of hydrogen-bond acceptors (Lipinski definition) is 6. The van der Waals surface area contributed by atoms with Crippen LogP contribution in [0.1, 0.15) is 5.56 Å². The first-order valence-electron chi connectivity index (χ1n) is 6.67. The summed E-state index contributed by atoms with van der Waals surface area (Å²) < 4.78 is 10.7. The van der Waals surface area contributed by atoms with Gasteiger partial charge in [-0.25, -0.2) is 4.98 Å². The number of hydrogen-bond donors (Lipinski definition) is 2. The van der Waals surface area contributed by atoms with E-state index in [0.717, 1.165) is 5.56 Å². The summed E-state index contributed by atoms with van der Waals surface area (Å²) >= 11 is 0. The van der Waals surface area contributed by atoms with Crippen LogP contribution in [0.25, 0.3) is 0 Å². The number of benzene rings is 1. The smallest absolute Gasteiger partial charge is 0.267 e. The summed E-state index contributed by atoms with van der Waals surface area (Å²) in [5.41, 5.74) is 6.87. The van der Waals surface area contributed by atoms with Crippen molar-refractivity contribution in [2.75, 3.05) is 12.2 Å². The molecule has 3 N–H and O–H groups in total. The molecule has 0 aliphatic carbocycles. The molecule has 1 aliphatic heterocycles. The van der Waals surface area contributed by atoms with Gasteiger partial charge in [0.05, 0.1) is 25.0 Å². The van der Waals surface area contributed by atoms with Crippen molar-refractivity contribution >= 4 is 11.6 Å². The van der Waals surface area contributed by atoms with Crippen LogP contribution in [0.4, 0.5) is 5.69 Å². The number of methoxy groups -OCH3 is 1. The largest absolute Gasteiger partial charge is 0.481 e. The van der Waals surface area contributed by atoms with Gasteiger partial charge in [-0.05, 0) is 36.2 Å². The maximum atomic E-state index is 11.6. The van der Waals surface area contributed by atoms with Gasteiger partial charge in [0.2, 0.25) is 5.88 Å². The van der Waals surface area contributed by atoms with E-state index in [0.29, 0.717) is 34.6 Å². The predicted molar refractivity (Wildman–Crippen MR) is 78.3 cm³/mol. The van der Waals surface area contributed by atoms with Crippen molar-refractivity contribution in [1.82, 2.24) is 4.98 Å². The number of nitrogens with zero attached hydrogens (tertiary/aromatic N) is 2. The van der Waals surface area contributed by atoms with Crippen LogP contribution in [0.2, 0.25) is 0 Å². The van der Waals surface area contributed by atoms with Gasteiger partial charge in [0.15, 0.2) is 0 Å². The van der Waals surface area contributed by atoms with Crippen molar-refractivity contribution in [3.8, 4) is 17.4 Å². The van der Waals surface area contributed by atoms with Crippen molar-refractivity contribution in [3.05, 3.63) is 42.1 Å². The van der Waals surface area contributed by atoms with Gasteiger partial charge in [0.25, 0.3) is 5.91 Å². The quantitative estimate of drug-likeness (QED) is 0.833. The van der Waals surface area contributed by atoms with E-state index >= 15 is 0 Å². The number of anilines is 1. The third kappa shape index (κ3) is 2.59. The number of pyridine rings is 1. The molecule has 1 amide bonds.